The van der Waals surface area contributed by atoms with Gasteiger partial charge in [-0.05, 0) is 19.2 Å². The minimum absolute atomic E-state index is 0.744. The number of methoxy groups -OCH3 is 1. The average molecular weight is 329 g/mol. The number of nitrogens with zero attached hydrogens (tertiary/aromatic N) is 3. The van der Waals surface area contributed by atoms with Gasteiger partial charge in [-0.3, -0.25) is 0 Å². The van der Waals surface area contributed by atoms with Gasteiger partial charge < -0.3 is 19.3 Å². The molecule has 0 aliphatic carbocycles. The molecule has 0 spiro atoms. The van der Waals surface area contributed by atoms with Crippen molar-refractivity contribution in [1.29, 1.82) is 0 Å². The second-order valence-corrected chi connectivity index (χ2v) is 6.55. The van der Waals surface area contributed by atoms with E-state index in [2.05, 4.69) is 22.2 Å². The van der Waals surface area contributed by atoms with E-state index < -0.39 is 0 Å². The van der Waals surface area contributed by atoms with Gasteiger partial charge in [0, 0.05) is 43.0 Å². The highest BCUT2D eigenvalue weighted by Gasteiger charge is 2.25. The molecule has 1 saturated heterocycles. The third-order valence-electron chi connectivity index (χ3n) is 4.28. The van der Waals surface area contributed by atoms with E-state index in [1.54, 1.807) is 18.4 Å². The molecule has 0 radical (unpaired) electrons. The summed E-state index contributed by atoms with van der Waals surface area (Å²) in [6, 6.07) is 5.78. The first kappa shape index (κ1) is 14.5. The summed E-state index contributed by atoms with van der Waals surface area (Å²) in [4.78, 5) is 9.63. The summed E-state index contributed by atoms with van der Waals surface area (Å²) in [6.45, 7) is 4.07. The molecule has 120 valence electrons. The van der Waals surface area contributed by atoms with E-state index in [0.29, 0.717) is 0 Å². The molecule has 3 heterocycles. The van der Waals surface area contributed by atoms with Crippen LogP contribution in [0.5, 0.6) is 17.2 Å². The van der Waals surface area contributed by atoms with E-state index >= 15 is 0 Å². The Morgan fingerprint density at radius 3 is 2.74 bits per heavy atom. The topological polar surface area (TPSA) is 37.3 Å². The lowest BCUT2D eigenvalue weighted by atomic mass is 10.2. The van der Waals surface area contributed by atoms with Crippen LogP contribution in [0, 0.1) is 0 Å². The summed E-state index contributed by atoms with van der Waals surface area (Å²) in [5, 5.41) is 4.16. The summed E-state index contributed by atoms with van der Waals surface area (Å²) in [5.41, 5.74) is 1.93. The smallest absolute Gasteiger partial charge is 0.156 e. The van der Waals surface area contributed by atoms with E-state index in [-0.39, 0.29) is 0 Å². The Bertz CT molecular complexity index is 748. The van der Waals surface area contributed by atoms with Gasteiger partial charge in [-0.1, -0.05) is 0 Å². The van der Waals surface area contributed by atoms with Crippen LogP contribution < -0.4 is 9.47 Å². The zero-order valence-electron chi connectivity index (χ0n) is 13.3. The van der Waals surface area contributed by atoms with E-state index in [4.69, 9.17) is 14.5 Å². The zero-order valence-corrected chi connectivity index (χ0v) is 14.1. The predicted molar refractivity (Wildman–Crippen MR) is 92.7 cm³/mol. The molecular formula is C17H19N3O2S. The molecule has 0 atom stereocenters. The molecule has 6 heteroatoms. The second-order valence-electron chi connectivity index (χ2n) is 5.81. The molecule has 5 nitrogen and oxygen atoms in total. The molecular weight excluding hydrogens is 310 g/mol. The van der Waals surface area contributed by atoms with Crippen LogP contribution in [0.4, 0.5) is 5.69 Å². The molecule has 4 rings (SSSR count). The lowest BCUT2D eigenvalue weighted by Gasteiger charge is -2.34. The number of hydrogen-bond acceptors (Lipinski definition) is 6. The van der Waals surface area contributed by atoms with Gasteiger partial charge in [0.25, 0.3) is 0 Å². The number of amidine groups is 1. The number of hydrogen-bond donors (Lipinski definition) is 0. The van der Waals surface area contributed by atoms with Crippen molar-refractivity contribution in [3.8, 4) is 17.2 Å². The number of ether oxygens (including phenoxy) is 2. The van der Waals surface area contributed by atoms with Crippen LogP contribution in [0.2, 0.25) is 0 Å². The molecule has 23 heavy (non-hydrogen) atoms. The number of piperazine rings is 1. The second kappa shape index (κ2) is 5.86. The summed E-state index contributed by atoms with van der Waals surface area (Å²) < 4.78 is 11.4. The fraction of sp³-hybridized carbons (Fsp3) is 0.353. The Labute approximate surface area is 139 Å². The van der Waals surface area contributed by atoms with Gasteiger partial charge in [0.05, 0.1) is 12.7 Å². The fourth-order valence-corrected chi connectivity index (χ4v) is 3.60. The molecule has 0 saturated carbocycles. The maximum atomic E-state index is 6.11. The Balaban J connectivity index is 1.78. The molecule has 2 aliphatic rings. The standard InChI is InChI=1S/C17H19N3O2S/c1-19-5-7-20(8-6-19)17-13-10-23-11-16(13)22-15-9-12(21-2)3-4-14(15)18-17/h3-4,9-11H,5-8H2,1-2H3. The molecule has 2 aliphatic heterocycles. The summed E-state index contributed by atoms with van der Waals surface area (Å²) in [5.74, 6) is 3.41. The SMILES string of the molecule is COc1ccc2c(c1)Oc1cscc1C(N1CCN(C)CC1)=N2. The maximum Gasteiger partial charge on any atom is 0.156 e. The van der Waals surface area contributed by atoms with Gasteiger partial charge in [-0.25, -0.2) is 4.99 Å². The van der Waals surface area contributed by atoms with Crippen molar-refractivity contribution in [2.75, 3.05) is 40.3 Å². The molecule has 0 amide bonds. The van der Waals surface area contributed by atoms with Crippen LogP contribution in [-0.2, 0) is 0 Å². The Kier molecular flexibility index (Phi) is 3.71. The molecule has 2 aromatic rings. The van der Waals surface area contributed by atoms with E-state index in [1.807, 2.05) is 23.6 Å². The molecule has 0 N–H and O–H groups in total. The van der Waals surface area contributed by atoms with Gasteiger partial charge in [0.2, 0.25) is 0 Å². The summed E-state index contributed by atoms with van der Waals surface area (Å²) >= 11 is 1.64. The minimum Gasteiger partial charge on any atom is -0.497 e. The van der Waals surface area contributed by atoms with Crippen LogP contribution in [-0.4, -0.2) is 56.0 Å². The van der Waals surface area contributed by atoms with Crippen molar-refractivity contribution in [3.63, 3.8) is 0 Å². The van der Waals surface area contributed by atoms with Crippen LogP contribution in [0.25, 0.3) is 0 Å². The normalized spacial score (nSPS) is 17.7. The Morgan fingerprint density at radius 2 is 1.96 bits per heavy atom. The Morgan fingerprint density at radius 1 is 1.13 bits per heavy atom. The first-order valence-corrected chi connectivity index (χ1v) is 8.63. The van der Waals surface area contributed by atoms with E-state index in [1.165, 1.54) is 0 Å². The Hall–Kier alpha value is -2.05. The number of thiophene rings is 1. The first-order chi connectivity index (χ1) is 11.2. The largest absolute Gasteiger partial charge is 0.497 e. The summed E-state index contributed by atoms with van der Waals surface area (Å²) in [7, 11) is 3.82. The van der Waals surface area contributed by atoms with E-state index in [0.717, 1.165) is 60.5 Å². The summed E-state index contributed by atoms with van der Waals surface area (Å²) in [6.07, 6.45) is 0. The molecule has 0 bridgehead atoms. The van der Waals surface area contributed by atoms with Crippen molar-refractivity contribution in [2.24, 2.45) is 4.99 Å². The highest BCUT2D eigenvalue weighted by molar-refractivity contribution is 7.08. The molecule has 1 fully saturated rings. The average Bonchev–Trinajstić information content (AvgIpc) is 2.96. The molecule has 1 aromatic heterocycles. The van der Waals surface area contributed by atoms with Gasteiger partial charge in [0.1, 0.15) is 23.0 Å². The highest BCUT2D eigenvalue weighted by Crippen LogP contribution is 2.41. The fourth-order valence-electron chi connectivity index (χ4n) is 2.87. The third-order valence-corrected chi connectivity index (χ3v) is 5.01. The van der Waals surface area contributed by atoms with Gasteiger partial charge in [-0.15, -0.1) is 11.3 Å². The quantitative estimate of drug-likeness (QED) is 0.805. The van der Waals surface area contributed by atoms with Crippen LogP contribution in [0.3, 0.4) is 0 Å². The van der Waals surface area contributed by atoms with Crippen molar-refractivity contribution in [2.45, 2.75) is 0 Å². The predicted octanol–water partition coefficient (Wildman–Crippen LogP) is 3.19. The van der Waals surface area contributed by atoms with Crippen molar-refractivity contribution in [1.82, 2.24) is 9.80 Å². The van der Waals surface area contributed by atoms with Gasteiger partial charge in [-0.2, -0.15) is 0 Å². The van der Waals surface area contributed by atoms with Crippen LogP contribution in [0.15, 0.2) is 34.0 Å². The number of benzene rings is 1. The van der Waals surface area contributed by atoms with Gasteiger partial charge >= 0.3 is 0 Å². The zero-order chi connectivity index (χ0) is 15.8. The van der Waals surface area contributed by atoms with Crippen LogP contribution >= 0.6 is 11.3 Å². The highest BCUT2D eigenvalue weighted by atomic mass is 32.1. The first-order valence-electron chi connectivity index (χ1n) is 7.69. The van der Waals surface area contributed by atoms with Crippen molar-refractivity contribution in [3.05, 3.63) is 34.5 Å². The van der Waals surface area contributed by atoms with E-state index in [9.17, 15) is 0 Å². The maximum absolute atomic E-state index is 6.11. The third kappa shape index (κ3) is 2.68. The number of likely N-dealkylation sites (N-methyl/N-ethyl adjacent to an activating group) is 1. The molecule has 1 aromatic carbocycles. The van der Waals surface area contributed by atoms with Crippen molar-refractivity contribution < 1.29 is 9.47 Å². The molecule has 0 unspecified atom stereocenters. The van der Waals surface area contributed by atoms with Crippen molar-refractivity contribution >= 4 is 22.9 Å². The lowest BCUT2D eigenvalue weighted by Crippen LogP contribution is -2.47. The lowest BCUT2D eigenvalue weighted by molar-refractivity contribution is 0.216. The minimum atomic E-state index is 0.744. The number of rotatable bonds is 1. The van der Waals surface area contributed by atoms with Gasteiger partial charge in [0.15, 0.2) is 5.75 Å². The monoisotopic (exact) mass is 329 g/mol. The number of fused-ring (bicyclic) bond motifs is 2. The number of aliphatic imine (C=N–C) groups is 1. The van der Waals surface area contributed by atoms with Crippen LogP contribution in [0.1, 0.15) is 5.56 Å².